The first-order valence-electron chi connectivity index (χ1n) is 6.09. The largest absolute Gasteiger partial charge is 0.480 e. The lowest BCUT2D eigenvalue weighted by molar-refractivity contribution is -0.146. The van der Waals surface area contributed by atoms with Crippen molar-refractivity contribution in [2.24, 2.45) is 5.73 Å². The lowest BCUT2D eigenvalue weighted by Gasteiger charge is -2.32. The van der Waals surface area contributed by atoms with Crippen LogP contribution in [0.4, 0.5) is 0 Å². The van der Waals surface area contributed by atoms with Crippen molar-refractivity contribution in [2.75, 3.05) is 13.1 Å². The monoisotopic (exact) mass is 277 g/mol. The molecule has 1 heterocycles. The van der Waals surface area contributed by atoms with E-state index in [9.17, 15) is 14.4 Å². The van der Waals surface area contributed by atoms with Gasteiger partial charge in [0.05, 0.1) is 6.54 Å². The highest BCUT2D eigenvalue weighted by Gasteiger charge is 2.31. The van der Waals surface area contributed by atoms with Gasteiger partial charge in [-0.1, -0.05) is 12.1 Å². The van der Waals surface area contributed by atoms with Crippen molar-refractivity contribution < 1.29 is 19.5 Å². The van der Waals surface area contributed by atoms with Gasteiger partial charge < -0.3 is 16.2 Å². The van der Waals surface area contributed by atoms with Gasteiger partial charge in [-0.15, -0.1) is 0 Å². The normalized spacial score (nSPS) is 19.4. The molecule has 7 nitrogen and oxygen atoms in total. The van der Waals surface area contributed by atoms with Gasteiger partial charge in [-0.25, -0.2) is 0 Å². The highest BCUT2D eigenvalue weighted by Crippen LogP contribution is 2.12. The molecule has 1 unspecified atom stereocenters. The van der Waals surface area contributed by atoms with Crippen LogP contribution in [0.15, 0.2) is 24.3 Å². The summed E-state index contributed by atoms with van der Waals surface area (Å²) in [6.45, 7) is 0.450. The Bertz CT molecular complexity index is 541. The van der Waals surface area contributed by atoms with Gasteiger partial charge >= 0.3 is 5.97 Å². The summed E-state index contributed by atoms with van der Waals surface area (Å²) in [7, 11) is 0. The molecule has 1 aliphatic rings. The van der Waals surface area contributed by atoms with Crippen molar-refractivity contribution in [3.63, 3.8) is 0 Å². The van der Waals surface area contributed by atoms with Crippen LogP contribution in [-0.4, -0.2) is 46.9 Å². The number of nitrogens with one attached hydrogen (secondary N) is 1. The SMILES string of the molecule is NC(=O)c1ccc(CN2CC(=O)NCC2C(=O)O)cc1. The van der Waals surface area contributed by atoms with E-state index in [1.54, 1.807) is 29.2 Å². The molecule has 0 aliphatic carbocycles. The van der Waals surface area contributed by atoms with Crippen LogP contribution in [0, 0.1) is 0 Å². The van der Waals surface area contributed by atoms with E-state index in [0.29, 0.717) is 12.1 Å². The zero-order valence-electron chi connectivity index (χ0n) is 10.7. The summed E-state index contributed by atoms with van der Waals surface area (Å²) in [5, 5.41) is 11.7. The van der Waals surface area contributed by atoms with Gasteiger partial charge in [0.2, 0.25) is 11.8 Å². The molecule has 0 saturated carbocycles. The second-order valence-electron chi connectivity index (χ2n) is 4.62. The minimum atomic E-state index is -0.973. The van der Waals surface area contributed by atoms with Gasteiger partial charge in [-0.05, 0) is 17.7 Å². The summed E-state index contributed by atoms with van der Waals surface area (Å²) in [4.78, 5) is 35.1. The fraction of sp³-hybridized carbons (Fsp3) is 0.308. The minimum absolute atomic E-state index is 0.0362. The number of benzene rings is 1. The van der Waals surface area contributed by atoms with E-state index >= 15 is 0 Å². The summed E-state index contributed by atoms with van der Waals surface area (Å²) in [6.07, 6.45) is 0. The third kappa shape index (κ3) is 3.12. The Kier molecular flexibility index (Phi) is 3.99. The first kappa shape index (κ1) is 14.0. The van der Waals surface area contributed by atoms with Gasteiger partial charge in [-0.2, -0.15) is 0 Å². The predicted octanol–water partition coefficient (Wildman–Crippen LogP) is -0.829. The number of carbonyl (C=O) groups excluding carboxylic acids is 2. The number of carboxylic acid groups (broad SMARTS) is 1. The van der Waals surface area contributed by atoms with Crippen LogP contribution < -0.4 is 11.1 Å². The molecule has 0 radical (unpaired) electrons. The average Bonchev–Trinajstić information content (AvgIpc) is 2.39. The van der Waals surface area contributed by atoms with Crippen LogP contribution in [0.3, 0.4) is 0 Å². The maximum absolute atomic E-state index is 11.4. The van der Waals surface area contributed by atoms with Crippen LogP contribution in [0.5, 0.6) is 0 Å². The molecule has 106 valence electrons. The molecule has 1 aliphatic heterocycles. The molecule has 0 aromatic heterocycles. The number of amides is 2. The van der Waals surface area contributed by atoms with Crippen molar-refractivity contribution in [3.8, 4) is 0 Å². The number of nitrogens with zero attached hydrogens (tertiary/aromatic N) is 1. The molecule has 7 heteroatoms. The zero-order valence-corrected chi connectivity index (χ0v) is 10.7. The molecular formula is C13H15N3O4. The topological polar surface area (TPSA) is 113 Å². The first-order chi connectivity index (χ1) is 9.47. The Morgan fingerprint density at radius 1 is 1.35 bits per heavy atom. The number of hydrogen-bond acceptors (Lipinski definition) is 4. The van der Waals surface area contributed by atoms with E-state index in [2.05, 4.69) is 5.32 Å². The lowest BCUT2D eigenvalue weighted by atomic mass is 10.1. The predicted molar refractivity (Wildman–Crippen MR) is 69.8 cm³/mol. The molecule has 4 N–H and O–H groups in total. The number of nitrogens with two attached hydrogens (primary N) is 1. The summed E-state index contributed by atoms with van der Waals surface area (Å²) < 4.78 is 0. The maximum atomic E-state index is 11.4. The van der Waals surface area contributed by atoms with Gasteiger partial charge in [0.25, 0.3) is 0 Å². The smallest absolute Gasteiger partial charge is 0.322 e. The molecule has 20 heavy (non-hydrogen) atoms. The van der Waals surface area contributed by atoms with Crippen LogP contribution in [-0.2, 0) is 16.1 Å². The van der Waals surface area contributed by atoms with Crippen LogP contribution in [0.25, 0.3) is 0 Å². The molecule has 1 aromatic rings. The number of aliphatic carboxylic acids is 1. The highest BCUT2D eigenvalue weighted by atomic mass is 16.4. The third-order valence-electron chi connectivity index (χ3n) is 3.19. The first-order valence-corrected chi connectivity index (χ1v) is 6.09. The molecule has 1 saturated heterocycles. The van der Waals surface area contributed by atoms with E-state index in [4.69, 9.17) is 10.8 Å². The van der Waals surface area contributed by atoms with Crippen LogP contribution in [0.1, 0.15) is 15.9 Å². The molecule has 1 fully saturated rings. The number of hydrogen-bond donors (Lipinski definition) is 3. The summed E-state index contributed by atoms with van der Waals surface area (Å²) in [5.41, 5.74) is 6.35. The number of carbonyl (C=O) groups is 3. The average molecular weight is 277 g/mol. The molecule has 1 aromatic carbocycles. The Balaban J connectivity index is 2.11. The van der Waals surface area contributed by atoms with Crippen LogP contribution in [0.2, 0.25) is 0 Å². The quantitative estimate of drug-likeness (QED) is 0.665. The molecule has 2 amide bonds. The Morgan fingerprint density at radius 2 is 2.00 bits per heavy atom. The van der Waals surface area contributed by atoms with Crippen molar-refractivity contribution in [1.29, 1.82) is 0 Å². The van der Waals surface area contributed by atoms with Gasteiger partial charge in [0.15, 0.2) is 0 Å². The van der Waals surface area contributed by atoms with E-state index in [1.807, 2.05) is 0 Å². The number of rotatable bonds is 4. The Morgan fingerprint density at radius 3 is 2.55 bits per heavy atom. The lowest BCUT2D eigenvalue weighted by Crippen LogP contribution is -2.56. The Hall–Kier alpha value is -2.41. The Labute approximate surface area is 115 Å². The van der Waals surface area contributed by atoms with E-state index < -0.39 is 17.9 Å². The third-order valence-corrected chi connectivity index (χ3v) is 3.19. The van der Waals surface area contributed by atoms with E-state index in [1.165, 1.54) is 0 Å². The summed E-state index contributed by atoms with van der Waals surface area (Å²) in [5.74, 6) is -1.69. The van der Waals surface area contributed by atoms with Crippen molar-refractivity contribution in [2.45, 2.75) is 12.6 Å². The second kappa shape index (κ2) is 5.70. The number of primary amides is 1. The van der Waals surface area contributed by atoms with Gasteiger partial charge in [0.1, 0.15) is 6.04 Å². The number of carboxylic acids is 1. The van der Waals surface area contributed by atoms with Crippen LogP contribution >= 0.6 is 0 Å². The highest BCUT2D eigenvalue weighted by molar-refractivity contribution is 5.92. The van der Waals surface area contributed by atoms with Gasteiger partial charge in [0, 0.05) is 18.7 Å². The molecule has 0 bridgehead atoms. The van der Waals surface area contributed by atoms with E-state index in [0.717, 1.165) is 5.56 Å². The molecule has 1 atom stereocenters. The molecule has 0 spiro atoms. The maximum Gasteiger partial charge on any atom is 0.322 e. The molecule has 2 rings (SSSR count). The zero-order chi connectivity index (χ0) is 14.7. The van der Waals surface area contributed by atoms with Crippen molar-refractivity contribution in [3.05, 3.63) is 35.4 Å². The molecular weight excluding hydrogens is 262 g/mol. The van der Waals surface area contributed by atoms with E-state index in [-0.39, 0.29) is 19.0 Å². The fourth-order valence-corrected chi connectivity index (χ4v) is 2.11. The van der Waals surface area contributed by atoms with Crippen molar-refractivity contribution in [1.82, 2.24) is 10.2 Å². The summed E-state index contributed by atoms with van der Waals surface area (Å²) >= 11 is 0. The number of piperazine rings is 1. The second-order valence-corrected chi connectivity index (χ2v) is 4.62. The van der Waals surface area contributed by atoms with Gasteiger partial charge in [-0.3, -0.25) is 19.3 Å². The summed E-state index contributed by atoms with van der Waals surface area (Å²) in [6, 6.07) is 5.81. The minimum Gasteiger partial charge on any atom is -0.480 e. The fourth-order valence-electron chi connectivity index (χ4n) is 2.11. The van der Waals surface area contributed by atoms with Crippen molar-refractivity contribution >= 4 is 17.8 Å². The standard InChI is InChI=1S/C13H15N3O4/c14-12(18)9-3-1-8(2-4-9)6-16-7-11(17)15-5-10(16)13(19)20/h1-4,10H,5-7H2,(H2,14,18)(H,15,17)(H,19,20).